The van der Waals surface area contributed by atoms with Crippen LogP contribution in [0.25, 0.3) is 11.1 Å². The van der Waals surface area contributed by atoms with E-state index in [1.807, 2.05) is 0 Å². The molecule has 2 aliphatic rings. The third kappa shape index (κ3) is 3.45. The fraction of sp³-hybridized carbons (Fsp3) is 0.292. The minimum absolute atomic E-state index is 0.00879. The molecular formula is C24H22F2N2O4. The molecule has 166 valence electrons. The number of piperazine rings is 1. The molecule has 1 fully saturated rings. The molecule has 1 saturated heterocycles. The van der Waals surface area contributed by atoms with Crippen molar-refractivity contribution in [3.05, 3.63) is 65.2 Å². The second-order valence-electron chi connectivity index (χ2n) is 7.72. The number of halogens is 2. The van der Waals surface area contributed by atoms with Gasteiger partial charge in [-0.15, -0.1) is 0 Å². The lowest BCUT2D eigenvalue weighted by molar-refractivity contribution is -0.128. The first-order valence-electron chi connectivity index (χ1n) is 10.4. The molecule has 2 heterocycles. The second kappa shape index (κ2) is 8.53. The Kier molecular flexibility index (Phi) is 5.78. The van der Waals surface area contributed by atoms with Crippen molar-refractivity contribution in [3.63, 3.8) is 0 Å². The van der Waals surface area contributed by atoms with E-state index in [1.54, 1.807) is 16.7 Å². The van der Waals surface area contributed by atoms with Gasteiger partial charge < -0.3 is 14.5 Å². The first-order chi connectivity index (χ1) is 15.4. The lowest BCUT2D eigenvalue weighted by Gasteiger charge is -2.39. The molecule has 32 heavy (non-hydrogen) atoms. The lowest BCUT2D eigenvalue weighted by Crippen LogP contribution is -2.57. The van der Waals surface area contributed by atoms with Crippen molar-refractivity contribution >= 4 is 18.1 Å². The topological polar surface area (TPSA) is 66.9 Å². The number of rotatable bonds is 4. The number of hydrogen-bond acceptors (Lipinski definition) is 4. The number of nitrogens with zero attached hydrogens (tertiary/aromatic N) is 2. The highest BCUT2D eigenvalue weighted by Gasteiger charge is 2.38. The predicted octanol–water partition coefficient (Wildman–Crippen LogP) is 3.24. The van der Waals surface area contributed by atoms with E-state index in [2.05, 4.69) is 6.58 Å². The Balaban J connectivity index is 1.83. The number of fused-ring (bicyclic) bond motifs is 2. The maximum atomic E-state index is 15.4. The standard InChI is InChI=1S/C24H22F2N2O4/c1-3-16-22(21-14(12-29)6-5-7-18(21)25)19(26)10-17-23(16)32-13-15-11-27(20(30)4-2)8-9-28(15)24(17)31/h4-7,10,12,15H,2-3,8-9,11,13H2,1H3/t15-/m1/s1. The zero-order valence-electron chi connectivity index (χ0n) is 17.6. The van der Waals surface area contributed by atoms with Crippen LogP contribution in [0.2, 0.25) is 0 Å². The van der Waals surface area contributed by atoms with Gasteiger partial charge in [0, 0.05) is 41.9 Å². The molecule has 0 unspecified atom stereocenters. The van der Waals surface area contributed by atoms with Crippen LogP contribution in [0.4, 0.5) is 8.78 Å². The van der Waals surface area contributed by atoms with E-state index >= 15 is 4.39 Å². The third-order valence-corrected chi connectivity index (χ3v) is 5.99. The van der Waals surface area contributed by atoms with Crippen LogP contribution in [-0.2, 0) is 11.2 Å². The Labute approximate surface area is 184 Å². The van der Waals surface area contributed by atoms with Gasteiger partial charge in [-0.1, -0.05) is 25.6 Å². The highest BCUT2D eigenvalue weighted by molar-refractivity contribution is 6.00. The van der Waals surface area contributed by atoms with E-state index < -0.39 is 23.6 Å². The Morgan fingerprint density at radius 1 is 1.25 bits per heavy atom. The van der Waals surface area contributed by atoms with Gasteiger partial charge in [-0.05, 0) is 24.6 Å². The van der Waals surface area contributed by atoms with Crippen LogP contribution < -0.4 is 4.74 Å². The molecule has 2 aromatic rings. The molecule has 8 heteroatoms. The summed E-state index contributed by atoms with van der Waals surface area (Å²) in [5.74, 6) is -1.99. The van der Waals surface area contributed by atoms with E-state index in [-0.39, 0.29) is 60.0 Å². The highest BCUT2D eigenvalue weighted by Crippen LogP contribution is 2.41. The molecule has 6 nitrogen and oxygen atoms in total. The largest absolute Gasteiger partial charge is 0.490 e. The van der Waals surface area contributed by atoms with Crippen molar-refractivity contribution in [2.24, 2.45) is 0 Å². The summed E-state index contributed by atoms with van der Waals surface area (Å²) >= 11 is 0. The quantitative estimate of drug-likeness (QED) is 0.541. The van der Waals surface area contributed by atoms with Crippen molar-refractivity contribution in [1.82, 2.24) is 9.80 Å². The maximum absolute atomic E-state index is 15.4. The maximum Gasteiger partial charge on any atom is 0.258 e. The molecule has 0 aromatic heterocycles. The molecule has 0 radical (unpaired) electrons. The Morgan fingerprint density at radius 2 is 2.03 bits per heavy atom. The molecule has 2 aliphatic heterocycles. The van der Waals surface area contributed by atoms with E-state index in [0.717, 1.165) is 12.1 Å². The monoisotopic (exact) mass is 440 g/mol. The summed E-state index contributed by atoms with van der Waals surface area (Å²) in [6.07, 6.45) is 1.95. The number of aldehydes is 1. The van der Waals surface area contributed by atoms with E-state index in [1.165, 1.54) is 18.2 Å². The van der Waals surface area contributed by atoms with Gasteiger partial charge >= 0.3 is 0 Å². The highest BCUT2D eigenvalue weighted by atomic mass is 19.1. The number of carbonyl (C=O) groups excluding carboxylic acids is 3. The number of carbonyl (C=O) groups is 3. The summed E-state index contributed by atoms with van der Waals surface area (Å²) in [5, 5.41) is 0. The van der Waals surface area contributed by atoms with Crippen LogP contribution in [0, 0.1) is 11.6 Å². The van der Waals surface area contributed by atoms with Crippen LogP contribution in [0.15, 0.2) is 36.9 Å². The summed E-state index contributed by atoms with van der Waals surface area (Å²) in [5.41, 5.74) is 0.149. The molecule has 0 spiro atoms. The molecule has 0 saturated carbocycles. The smallest absolute Gasteiger partial charge is 0.258 e. The summed E-state index contributed by atoms with van der Waals surface area (Å²) in [7, 11) is 0. The molecular weight excluding hydrogens is 418 g/mol. The van der Waals surface area contributed by atoms with E-state index in [9.17, 15) is 18.8 Å². The summed E-state index contributed by atoms with van der Waals surface area (Å²) in [6, 6.07) is 4.58. The van der Waals surface area contributed by atoms with Gasteiger partial charge in [-0.25, -0.2) is 8.78 Å². The van der Waals surface area contributed by atoms with Crippen molar-refractivity contribution in [3.8, 4) is 16.9 Å². The molecule has 0 N–H and O–H groups in total. The first-order valence-corrected chi connectivity index (χ1v) is 10.4. The average molecular weight is 440 g/mol. The van der Waals surface area contributed by atoms with E-state index in [4.69, 9.17) is 4.74 Å². The zero-order chi connectivity index (χ0) is 23.0. The first kappa shape index (κ1) is 21.7. The molecule has 0 aliphatic carbocycles. The van der Waals surface area contributed by atoms with Gasteiger partial charge in [-0.3, -0.25) is 14.4 Å². The normalized spacial score (nSPS) is 17.7. The Bertz CT molecular complexity index is 1130. The summed E-state index contributed by atoms with van der Waals surface area (Å²) in [6.45, 7) is 6.22. The van der Waals surface area contributed by atoms with Crippen molar-refractivity contribution in [1.29, 1.82) is 0 Å². The molecule has 1 atom stereocenters. The number of hydrogen-bond donors (Lipinski definition) is 0. The number of ether oxygens (including phenoxy) is 1. The summed E-state index contributed by atoms with van der Waals surface area (Å²) < 4.78 is 36.1. The fourth-order valence-corrected chi connectivity index (χ4v) is 4.45. The van der Waals surface area contributed by atoms with Crippen LogP contribution in [0.3, 0.4) is 0 Å². The summed E-state index contributed by atoms with van der Waals surface area (Å²) in [4.78, 5) is 40.0. The average Bonchev–Trinajstić information content (AvgIpc) is 2.94. The van der Waals surface area contributed by atoms with Crippen molar-refractivity contribution in [2.45, 2.75) is 19.4 Å². The SMILES string of the molecule is C=CC(=O)N1CCN2C(=O)c3cc(F)c(-c4c(F)cccc4C=O)c(CC)c3OC[C@H]2C1. The fourth-order valence-electron chi connectivity index (χ4n) is 4.45. The van der Waals surface area contributed by atoms with Gasteiger partial charge in [-0.2, -0.15) is 0 Å². The number of benzene rings is 2. The van der Waals surface area contributed by atoms with Gasteiger partial charge in [0.05, 0.1) is 11.6 Å². The minimum atomic E-state index is -0.801. The van der Waals surface area contributed by atoms with Crippen molar-refractivity contribution < 1.29 is 27.9 Å². The van der Waals surface area contributed by atoms with Crippen LogP contribution in [0.1, 0.15) is 33.2 Å². The van der Waals surface area contributed by atoms with Crippen LogP contribution >= 0.6 is 0 Å². The van der Waals surface area contributed by atoms with Gasteiger partial charge in [0.2, 0.25) is 5.91 Å². The third-order valence-electron chi connectivity index (χ3n) is 5.99. The van der Waals surface area contributed by atoms with Gasteiger partial charge in [0.15, 0.2) is 6.29 Å². The number of amides is 2. The zero-order valence-corrected chi connectivity index (χ0v) is 17.6. The van der Waals surface area contributed by atoms with Gasteiger partial charge in [0.25, 0.3) is 5.91 Å². The van der Waals surface area contributed by atoms with E-state index in [0.29, 0.717) is 18.4 Å². The minimum Gasteiger partial charge on any atom is -0.490 e. The Hall–Kier alpha value is -3.55. The molecule has 2 aromatic carbocycles. The lowest BCUT2D eigenvalue weighted by atomic mass is 9.90. The van der Waals surface area contributed by atoms with Crippen LogP contribution in [-0.4, -0.2) is 60.2 Å². The van der Waals surface area contributed by atoms with Gasteiger partial charge in [0.1, 0.15) is 24.0 Å². The van der Waals surface area contributed by atoms with Crippen LogP contribution in [0.5, 0.6) is 5.75 Å². The van der Waals surface area contributed by atoms with Crippen molar-refractivity contribution in [2.75, 3.05) is 26.2 Å². The Morgan fingerprint density at radius 3 is 2.72 bits per heavy atom. The molecule has 0 bridgehead atoms. The predicted molar refractivity (Wildman–Crippen MR) is 114 cm³/mol. The second-order valence-corrected chi connectivity index (χ2v) is 7.72. The molecule has 2 amide bonds. The molecule has 4 rings (SSSR count).